The van der Waals surface area contributed by atoms with E-state index in [-0.39, 0.29) is 19.5 Å². The molecule has 0 rings (SSSR count). The molecule has 0 saturated carbocycles. The van der Waals surface area contributed by atoms with Crippen LogP contribution in [0.3, 0.4) is 0 Å². The van der Waals surface area contributed by atoms with Crippen LogP contribution in [0.5, 0.6) is 0 Å². The molecule has 0 atom stereocenters. The van der Waals surface area contributed by atoms with Gasteiger partial charge in [0.2, 0.25) is 0 Å². The molecule has 0 aliphatic carbocycles. The second kappa shape index (κ2) is 3.02. The second-order valence-electron chi connectivity index (χ2n) is 0.803. The minimum absolute atomic E-state index is 0. The van der Waals surface area contributed by atoms with Crippen LogP contribution in [0.1, 0.15) is 0 Å². The smallest absolute Gasteiger partial charge is 0.475 e. The molecule has 0 aliphatic rings. The fraction of sp³-hybridized carbons (Fsp3) is 0.500. The summed E-state index contributed by atoms with van der Waals surface area (Å²) in [4.78, 5) is 8.90. The molecule has 0 aromatic carbocycles. The molecule has 0 aromatic rings. The standard InChI is InChI=1S/C2HF3O2.Zn/c3-2(4,5)1(6)7;/h(H,6,7);. The molecule has 0 saturated heterocycles. The Balaban J connectivity index is 0. The SMILES string of the molecule is O=C(O)C(F)(F)F.[Zn]. The van der Waals surface area contributed by atoms with Gasteiger partial charge in [0.1, 0.15) is 0 Å². The van der Waals surface area contributed by atoms with Crippen molar-refractivity contribution in [3.05, 3.63) is 0 Å². The Kier molecular flexibility index (Phi) is 4.07. The van der Waals surface area contributed by atoms with Crippen molar-refractivity contribution in [1.29, 1.82) is 0 Å². The Labute approximate surface area is 55.4 Å². The molecule has 0 aromatic heterocycles. The molecule has 0 amide bonds. The molecule has 0 heterocycles. The molecule has 6 heteroatoms. The quantitative estimate of drug-likeness (QED) is 0.554. The number of rotatable bonds is 0. The summed E-state index contributed by atoms with van der Waals surface area (Å²) in [6.45, 7) is 0. The maximum absolute atomic E-state index is 10.6. The monoisotopic (exact) mass is 178 g/mol. The summed E-state index contributed by atoms with van der Waals surface area (Å²) in [6.07, 6.45) is -5.08. The van der Waals surface area contributed by atoms with Crippen molar-refractivity contribution in [3.8, 4) is 0 Å². The van der Waals surface area contributed by atoms with E-state index in [0.29, 0.717) is 0 Å². The fourth-order valence-corrected chi connectivity index (χ4v) is 0. The zero-order valence-electron chi connectivity index (χ0n) is 3.70. The van der Waals surface area contributed by atoms with Crippen LogP contribution in [0.4, 0.5) is 13.2 Å². The molecular weight excluding hydrogens is 178 g/mol. The number of carbonyl (C=O) groups is 1. The molecule has 0 aliphatic heterocycles. The van der Waals surface area contributed by atoms with Gasteiger partial charge in [-0.25, -0.2) is 4.79 Å². The van der Waals surface area contributed by atoms with E-state index in [1.807, 2.05) is 0 Å². The van der Waals surface area contributed by atoms with E-state index >= 15 is 0 Å². The summed E-state index contributed by atoms with van der Waals surface area (Å²) < 4.78 is 31.7. The van der Waals surface area contributed by atoms with Gasteiger partial charge in [-0.05, 0) is 0 Å². The summed E-state index contributed by atoms with van der Waals surface area (Å²) >= 11 is 0. The molecule has 0 radical (unpaired) electrons. The Bertz CT molecular complexity index is 87.8. The van der Waals surface area contributed by atoms with Crippen LogP contribution in [0.25, 0.3) is 0 Å². The zero-order valence-corrected chi connectivity index (χ0v) is 6.66. The molecule has 44 valence electrons. The van der Waals surface area contributed by atoms with E-state index in [9.17, 15) is 13.2 Å². The van der Waals surface area contributed by atoms with Gasteiger partial charge in [0.25, 0.3) is 0 Å². The normalized spacial score (nSPS) is 9.88. The molecular formula is C2HF3O2Zn. The number of hydrogen-bond acceptors (Lipinski definition) is 1. The first-order valence-electron chi connectivity index (χ1n) is 1.24. The van der Waals surface area contributed by atoms with Crippen molar-refractivity contribution in [1.82, 2.24) is 0 Å². The van der Waals surface area contributed by atoms with E-state index < -0.39 is 12.1 Å². The summed E-state index contributed by atoms with van der Waals surface area (Å²) in [5, 5.41) is 7.12. The first-order valence-corrected chi connectivity index (χ1v) is 1.24. The van der Waals surface area contributed by atoms with Crippen molar-refractivity contribution >= 4 is 5.97 Å². The Morgan fingerprint density at radius 1 is 1.38 bits per heavy atom. The second-order valence-corrected chi connectivity index (χ2v) is 0.803. The average molecular weight is 179 g/mol. The van der Waals surface area contributed by atoms with Crippen LogP contribution in [0.2, 0.25) is 0 Å². The third-order valence-electron chi connectivity index (χ3n) is 0.243. The van der Waals surface area contributed by atoms with Crippen LogP contribution in [0.15, 0.2) is 0 Å². The molecule has 0 bridgehead atoms. The molecule has 1 N–H and O–H groups in total. The van der Waals surface area contributed by atoms with Crippen LogP contribution >= 0.6 is 0 Å². The topological polar surface area (TPSA) is 37.3 Å². The van der Waals surface area contributed by atoms with Crippen LogP contribution in [-0.2, 0) is 24.3 Å². The summed E-state index contributed by atoms with van der Waals surface area (Å²) in [7, 11) is 0. The number of aliphatic carboxylic acids is 1. The molecule has 8 heavy (non-hydrogen) atoms. The van der Waals surface area contributed by atoms with Gasteiger partial charge in [-0.3, -0.25) is 0 Å². The van der Waals surface area contributed by atoms with Gasteiger partial charge < -0.3 is 5.11 Å². The third-order valence-corrected chi connectivity index (χ3v) is 0.243. The number of hydrogen-bond donors (Lipinski definition) is 1. The van der Waals surface area contributed by atoms with Crippen LogP contribution in [-0.4, -0.2) is 17.3 Å². The van der Waals surface area contributed by atoms with Gasteiger partial charge in [-0.2, -0.15) is 13.2 Å². The largest absolute Gasteiger partial charge is 0.490 e. The predicted octanol–water partition coefficient (Wildman–Crippen LogP) is 0.631. The van der Waals surface area contributed by atoms with Crippen molar-refractivity contribution < 1.29 is 42.6 Å². The Morgan fingerprint density at radius 3 is 1.50 bits per heavy atom. The molecule has 0 fully saturated rings. The summed E-state index contributed by atoms with van der Waals surface area (Å²) in [5.41, 5.74) is 0. The van der Waals surface area contributed by atoms with E-state index in [1.165, 1.54) is 0 Å². The maximum atomic E-state index is 10.6. The van der Waals surface area contributed by atoms with Gasteiger partial charge in [-0.15, -0.1) is 0 Å². The molecule has 2 nitrogen and oxygen atoms in total. The van der Waals surface area contributed by atoms with E-state index in [0.717, 1.165) is 0 Å². The van der Waals surface area contributed by atoms with Gasteiger partial charge in [-0.1, -0.05) is 0 Å². The van der Waals surface area contributed by atoms with Gasteiger partial charge in [0.05, 0.1) is 0 Å². The molecule has 0 unspecified atom stereocenters. The third kappa shape index (κ3) is 4.05. The molecule has 0 spiro atoms. The van der Waals surface area contributed by atoms with Gasteiger partial charge >= 0.3 is 12.1 Å². The van der Waals surface area contributed by atoms with E-state index in [4.69, 9.17) is 9.90 Å². The summed E-state index contributed by atoms with van der Waals surface area (Å²) in [6, 6.07) is 0. The Hall–Kier alpha value is -0.117. The van der Waals surface area contributed by atoms with Crippen molar-refractivity contribution in [3.63, 3.8) is 0 Å². The number of carboxylic acid groups (broad SMARTS) is 1. The first-order chi connectivity index (χ1) is 2.94. The number of carboxylic acids is 1. The number of alkyl halides is 3. The van der Waals surface area contributed by atoms with Crippen molar-refractivity contribution in [2.45, 2.75) is 6.18 Å². The van der Waals surface area contributed by atoms with E-state index in [1.54, 1.807) is 0 Å². The van der Waals surface area contributed by atoms with Crippen LogP contribution < -0.4 is 0 Å². The van der Waals surface area contributed by atoms with Crippen LogP contribution in [0, 0.1) is 0 Å². The average Bonchev–Trinajstić information content (AvgIpc) is 1.31. The van der Waals surface area contributed by atoms with Gasteiger partial charge in [0, 0.05) is 19.5 Å². The first kappa shape index (κ1) is 10.8. The van der Waals surface area contributed by atoms with Crippen molar-refractivity contribution in [2.24, 2.45) is 0 Å². The predicted molar refractivity (Wildman–Crippen MR) is 13.7 cm³/mol. The van der Waals surface area contributed by atoms with E-state index in [2.05, 4.69) is 0 Å². The minimum Gasteiger partial charge on any atom is -0.475 e. The Morgan fingerprint density at radius 2 is 1.50 bits per heavy atom. The zero-order chi connectivity index (χ0) is 6.08. The number of halogens is 3. The summed E-state index contributed by atoms with van der Waals surface area (Å²) in [5.74, 6) is -2.76. The van der Waals surface area contributed by atoms with Gasteiger partial charge in [0.15, 0.2) is 0 Å². The minimum atomic E-state index is -5.08. The van der Waals surface area contributed by atoms with Crippen molar-refractivity contribution in [2.75, 3.05) is 0 Å². The maximum Gasteiger partial charge on any atom is 0.490 e. The fourth-order valence-electron chi connectivity index (χ4n) is 0.